The number of hydrogen-bond donors (Lipinski definition) is 2. The van der Waals surface area contributed by atoms with Gasteiger partial charge in [0, 0.05) is 30.1 Å². The van der Waals surface area contributed by atoms with Crippen LogP contribution in [0.5, 0.6) is 5.75 Å². The Morgan fingerprint density at radius 2 is 2.14 bits per heavy atom. The van der Waals surface area contributed by atoms with E-state index in [1.165, 1.54) is 0 Å². The minimum atomic E-state index is -0.176. The van der Waals surface area contributed by atoms with Crippen molar-refractivity contribution in [3.05, 3.63) is 48.2 Å². The van der Waals surface area contributed by atoms with Crippen LogP contribution in [0.2, 0.25) is 0 Å². The van der Waals surface area contributed by atoms with Crippen LogP contribution < -0.4 is 15.4 Å². The number of hydrogen-bond acceptors (Lipinski definition) is 4. The largest absolute Gasteiger partial charge is 0.497 e. The van der Waals surface area contributed by atoms with Gasteiger partial charge in [0.2, 0.25) is 0 Å². The van der Waals surface area contributed by atoms with E-state index in [1.54, 1.807) is 31.5 Å². The van der Waals surface area contributed by atoms with E-state index < -0.39 is 0 Å². The van der Waals surface area contributed by atoms with Gasteiger partial charge < -0.3 is 15.4 Å². The number of ether oxygens (including phenoxy) is 1. The molecule has 5 nitrogen and oxygen atoms in total. The first kappa shape index (κ1) is 14.8. The molecule has 0 aliphatic rings. The highest BCUT2D eigenvalue weighted by atomic mass is 16.5. The van der Waals surface area contributed by atoms with Gasteiger partial charge in [-0.1, -0.05) is 13.0 Å². The number of pyridine rings is 1. The minimum Gasteiger partial charge on any atom is -0.497 e. The smallest absolute Gasteiger partial charge is 0.255 e. The van der Waals surface area contributed by atoms with E-state index in [-0.39, 0.29) is 5.91 Å². The Labute approximate surface area is 124 Å². The van der Waals surface area contributed by atoms with E-state index in [9.17, 15) is 4.79 Å². The third-order valence-electron chi connectivity index (χ3n) is 2.91. The van der Waals surface area contributed by atoms with Crippen molar-refractivity contribution in [2.45, 2.75) is 13.3 Å². The molecular formula is C16H19N3O2. The van der Waals surface area contributed by atoms with Crippen molar-refractivity contribution in [1.29, 1.82) is 0 Å². The summed E-state index contributed by atoms with van der Waals surface area (Å²) < 4.78 is 5.13. The molecule has 0 bridgehead atoms. The van der Waals surface area contributed by atoms with Crippen molar-refractivity contribution in [2.75, 3.05) is 24.3 Å². The lowest BCUT2D eigenvalue weighted by Crippen LogP contribution is -2.13. The van der Waals surface area contributed by atoms with Crippen molar-refractivity contribution in [2.24, 2.45) is 0 Å². The second-order valence-electron chi connectivity index (χ2n) is 4.54. The van der Waals surface area contributed by atoms with Gasteiger partial charge in [0.15, 0.2) is 0 Å². The van der Waals surface area contributed by atoms with Crippen LogP contribution in [0, 0.1) is 0 Å². The maximum absolute atomic E-state index is 12.2. The van der Waals surface area contributed by atoms with Crippen molar-refractivity contribution < 1.29 is 9.53 Å². The third kappa shape index (κ3) is 4.21. The molecule has 2 N–H and O–H groups in total. The van der Waals surface area contributed by atoms with Gasteiger partial charge in [0.25, 0.3) is 5.91 Å². The number of nitrogens with one attached hydrogen (secondary N) is 2. The topological polar surface area (TPSA) is 63.2 Å². The van der Waals surface area contributed by atoms with Crippen molar-refractivity contribution >= 4 is 17.4 Å². The number of carbonyl (C=O) groups is 1. The second kappa shape index (κ2) is 7.28. The predicted molar refractivity (Wildman–Crippen MR) is 84.0 cm³/mol. The number of amides is 1. The molecule has 0 saturated carbocycles. The van der Waals surface area contributed by atoms with E-state index in [2.05, 4.69) is 22.5 Å². The maximum atomic E-state index is 12.2. The van der Waals surface area contributed by atoms with Crippen LogP contribution in [0.15, 0.2) is 42.6 Å². The Hall–Kier alpha value is -2.56. The SMILES string of the molecule is CCCNc1cc(C(=O)Nc2cccc(OC)c2)ccn1. The fourth-order valence-electron chi connectivity index (χ4n) is 1.83. The summed E-state index contributed by atoms with van der Waals surface area (Å²) in [6.45, 7) is 2.90. The average Bonchev–Trinajstić information content (AvgIpc) is 2.53. The van der Waals surface area contributed by atoms with Gasteiger partial charge in [-0.05, 0) is 30.7 Å². The van der Waals surface area contributed by atoms with Crippen LogP contribution in [0.3, 0.4) is 0 Å². The first-order valence-electron chi connectivity index (χ1n) is 6.88. The molecule has 0 atom stereocenters. The average molecular weight is 285 g/mol. The lowest BCUT2D eigenvalue weighted by atomic mass is 10.2. The zero-order valence-corrected chi connectivity index (χ0v) is 12.2. The van der Waals surface area contributed by atoms with Gasteiger partial charge in [0.05, 0.1) is 7.11 Å². The fraction of sp³-hybridized carbons (Fsp3) is 0.250. The molecule has 110 valence electrons. The Morgan fingerprint density at radius 3 is 2.90 bits per heavy atom. The van der Waals surface area contributed by atoms with Gasteiger partial charge in [-0.25, -0.2) is 4.98 Å². The van der Waals surface area contributed by atoms with Gasteiger partial charge in [-0.2, -0.15) is 0 Å². The Kier molecular flexibility index (Phi) is 5.15. The molecule has 1 aromatic heterocycles. The monoisotopic (exact) mass is 285 g/mol. The summed E-state index contributed by atoms with van der Waals surface area (Å²) in [5.41, 5.74) is 1.26. The summed E-state index contributed by atoms with van der Waals surface area (Å²) >= 11 is 0. The number of nitrogens with zero attached hydrogens (tertiary/aromatic N) is 1. The van der Waals surface area contributed by atoms with Crippen molar-refractivity contribution in [3.63, 3.8) is 0 Å². The zero-order valence-electron chi connectivity index (χ0n) is 12.2. The number of aromatic nitrogens is 1. The number of carbonyl (C=O) groups excluding carboxylic acids is 1. The molecule has 0 saturated heterocycles. The highest BCUT2D eigenvalue weighted by Crippen LogP contribution is 2.18. The van der Waals surface area contributed by atoms with E-state index in [1.807, 2.05) is 18.2 Å². The summed E-state index contributed by atoms with van der Waals surface area (Å²) in [5.74, 6) is 1.23. The number of benzene rings is 1. The molecule has 0 radical (unpaired) electrons. The molecular weight excluding hydrogens is 266 g/mol. The maximum Gasteiger partial charge on any atom is 0.255 e. The van der Waals surface area contributed by atoms with Crippen molar-refractivity contribution in [1.82, 2.24) is 4.98 Å². The van der Waals surface area contributed by atoms with Gasteiger partial charge in [-0.3, -0.25) is 4.79 Å². The summed E-state index contributed by atoms with van der Waals surface area (Å²) in [7, 11) is 1.59. The molecule has 5 heteroatoms. The van der Waals surface area contributed by atoms with Crippen LogP contribution in [-0.2, 0) is 0 Å². The molecule has 1 heterocycles. The predicted octanol–water partition coefficient (Wildman–Crippen LogP) is 3.16. The van der Waals surface area contributed by atoms with E-state index in [0.29, 0.717) is 22.8 Å². The summed E-state index contributed by atoms with van der Waals surface area (Å²) in [6.07, 6.45) is 2.63. The molecule has 0 fully saturated rings. The molecule has 1 aromatic carbocycles. The molecule has 0 unspecified atom stereocenters. The van der Waals surface area contributed by atoms with Gasteiger partial charge in [-0.15, -0.1) is 0 Å². The Bertz CT molecular complexity index is 614. The number of methoxy groups -OCH3 is 1. The third-order valence-corrected chi connectivity index (χ3v) is 2.91. The normalized spacial score (nSPS) is 10.0. The van der Waals surface area contributed by atoms with Gasteiger partial charge >= 0.3 is 0 Å². The van der Waals surface area contributed by atoms with Crippen LogP contribution in [0.1, 0.15) is 23.7 Å². The quantitative estimate of drug-likeness (QED) is 0.855. The molecule has 2 rings (SSSR count). The zero-order chi connectivity index (χ0) is 15.1. The van der Waals surface area contributed by atoms with Crippen molar-refractivity contribution in [3.8, 4) is 5.75 Å². The molecule has 0 spiro atoms. The second-order valence-corrected chi connectivity index (χ2v) is 4.54. The standard InChI is InChI=1S/C16H19N3O2/c1-3-8-17-15-10-12(7-9-18-15)16(20)19-13-5-4-6-14(11-13)21-2/h4-7,9-11H,3,8H2,1-2H3,(H,17,18)(H,19,20). The van der Waals surface area contributed by atoms with E-state index in [4.69, 9.17) is 4.74 Å². The highest BCUT2D eigenvalue weighted by Gasteiger charge is 2.07. The summed E-state index contributed by atoms with van der Waals surface area (Å²) in [4.78, 5) is 16.4. The first-order valence-corrected chi connectivity index (χ1v) is 6.88. The van der Waals surface area contributed by atoms with Crippen LogP contribution in [-0.4, -0.2) is 24.5 Å². The summed E-state index contributed by atoms with van der Waals surface area (Å²) in [6, 6.07) is 10.7. The summed E-state index contributed by atoms with van der Waals surface area (Å²) in [5, 5.41) is 6.00. The van der Waals surface area contributed by atoms with E-state index in [0.717, 1.165) is 13.0 Å². The molecule has 1 amide bonds. The number of rotatable bonds is 6. The van der Waals surface area contributed by atoms with Crippen LogP contribution in [0.25, 0.3) is 0 Å². The fourth-order valence-corrected chi connectivity index (χ4v) is 1.83. The number of anilines is 2. The Morgan fingerprint density at radius 1 is 1.29 bits per heavy atom. The lowest BCUT2D eigenvalue weighted by Gasteiger charge is -2.08. The first-order chi connectivity index (χ1) is 10.2. The van der Waals surface area contributed by atoms with E-state index >= 15 is 0 Å². The van der Waals surface area contributed by atoms with Crippen LogP contribution in [0.4, 0.5) is 11.5 Å². The molecule has 0 aliphatic carbocycles. The van der Waals surface area contributed by atoms with Crippen LogP contribution >= 0.6 is 0 Å². The Balaban J connectivity index is 2.08. The highest BCUT2D eigenvalue weighted by molar-refractivity contribution is 6.04. The lowest BCUT2D eigenvalue weighted by molar-refractivity contribution is 0.102. The van der Waals surface area contributed by atoms with Gasteiger partial charge in [0.1, 0.15) is 11.6 Å². The molecule has 21 heavy (non-hydrogen) atoms. The molecule has 0 aliphatic heterocycles. The minimum absolute atomic E-state index is 0.176. The molecule has 2 aromatic rings.